The van der Waals surface area contributed by atoms with Gasteiger partial charge in [-0.1, -0.05) is 35.8 Å². The van der Waals surface area contributed by atoms with Crippen LogP contribution in [0.4, 0.5) is 0 Å². The maximum absolute atomic E-state index is 8.70. The van der Waals surface area contributed by atoms with Crippen molar-refractivity contribution in [2.75, 3.05) is 26.7 Å². The Balaban J connectivity index is 2.06. The lowest BCUT2D eigenvalue weighted by Crippen LogP contribution is -2.50. The van der Waals surface area contributed by atoms with E-state index in [1.807, 2.05) is 12.1 Å². The first-order valence-corrected chi connectivity index (χ1v) is 7.61. The molecule has 0 saturated carbocycles. The maximum Gasteiger partial charge on any atom is 0.170 e. The molecule has 1 heterocycles. The summed E-state index contributed by atoms with van der Waals surface area (Å²) in [6, 6.07) is 6.15. The molecule has 6 heteroatoms. The molecule has 0 aromatic heterocycles. The van der Waals surface area contributed by atoms with Gasteiger partial charge in [-0.3, -0.25) is 4.90 Å². The fourth-order valence-electron chi connectivity index (χ4n) is 2.73. The molecule has 1 unspecified atom stereocenters. The lowest BCUT2D eigenvalue weighted by atomic mass is 10.1. The van der Waals surface area contributed by atoms with Gasteiger partial charge in [-0.15, -0.1) is 0 Å². The number of nitrogens with two attached hydrogens (primary N) is 1. The molecule has 2 rings (SSSR count). The van der Waals surface area contributed by atoms with Crippen LogP contribution in [0, 0.1) is 0 Å². The van der Waals surface area contributed by atoms with Gasteiger partial charge in [0.15, 0.2) is 5.84 Å². The van der Waals surface area contributed by atoms with Crippen molar-refractivity contribution in [3.63, 3.8) is 0 Å². The molecule has 0 bridgehead atoms. The molecule has 1 atom stereocenters. The first-order valence-electron chi connectivity index (χ1n) is 7.24. The third-order valence-corrected chi connectivity index (χ3v) is 4.53. The smallest absolute Gasteiger partial charge is 0.170 e. The molecular weight excluding hydrogens is 288 g/mol. The van der Waals surface area contributed by atoms with Crippen molar-refractivity contribution in [3.8, 4) is 0 Å². The molecule has 1 fully saturated rings. The average Bonchev–Trinajstić information content (AvgIpc) is 2.50. The minimum absolute atomic E-state index is 0.0779. The van der Waals surface area contributed by atoms with Crippen LogP contribution in [0.15, 0.2) is 23.4 Å². The van der Waals surface area contributed by atoms with Gasteiger partial charge in [0.2, 0.25) is 0 Å². The Hall–Kier alpha value is -1.30. The number of piperazine rings is 1. The van der Waals surface area contributed by atoms with E-state index in [1.54, 1.807) is 6.07 Å². The highest BCUT2D eigenvalue weighted by molar-refractivity contribution is 6.31. The van der Waals surface area contributed by atoms with Gasteiger partial charge in [-0.25, -0.2) is 0 Å². The Morgan fingerprint density at radius 1 is 1.48 bits per heavy atom. The predicted octanol–water partition coefficient (Wildman–Crippen LogP) is 1.96. The Morgan fingerprint density at radius 3 is 2.86 bits per heavy atom. The Bertz CT molecular complexity index is 520. The zero-order valence-corrected chi connectivity index (χ0v) is 13.3. The number of oxime groups is 1. The summed E-state index contributed by atoms with van der Waals surface area (Å²) in [5, 5.41) is 12.4. The highest BCUT2D eigenvalue weighted by Gasteiger charge is 2.23. The van der Waals surface area contributed by atoms with Gasteiger partial charge in [-0.05, 0) is 25.1 Å². The van der Waals surface area contributed by atoms with Gasteiger partial charge in [0, 0.05) is 42.8 Å². The number of hydrogen-bond donors (Lipinski definition) is 2. The Labute approximate surface area is 131 Å². The van der Waals surface area contributed by atoms with Crippen LogP contribution < -0.4 is 5.73 Å². The van der Waals surface area contributed by atoms with Gasteiger partial charge in [0.05, 0.1) is 0 Å². The fraction of sp³-hybridized carbons (Fsp3) is 0.533. The summed E-state index contributed by atoms with van der Waals surface area (Å²) < 4.78 is 0. The molecule has 21 heavy (non-hydrogen) atoms. The molecule has 5 nitrogen and oxygen atoms in total. The average molecular weight is 311 g/mol. The van der Waals surface area contributed by atoms with Crippen LogP contribution in [0.1, 0.15) is 24.5 Å². The lowest BCUT2D eigenvalue weighted by Gasteiger charge is -2.39. The van der Waals surface area contributed by atoms with Crippen molar-refractivity contribution in [2.24, 2.45) is 10.9 Å². The second-order valence-corrected chi connectivity index (χ2v) is 5.98. The molecule has 116 valence electrons. The van der Waals surface area contributed by atoms with Crippen LogP contribution >= 0.6 is 11.6 Å². The molecule has 3 N–H and O–H groups in total. The molecule has 0 amide bonds. The second kappa shape index (κ2) is 7.11. The van der Waals surface area contributed by atoms with Crippen molar-refractivity contribution < 1.29 is 5.21 Å². The van der Waals surface area contributed by atoms with Crippen LogP contribution in [-0.4, -0.2) is 53.6 Å². The number of amidine groups is 1. The van der Waals surface area contributed by atoms with E-state index >= 15 is 0 Å². The van der Waals surface area contributed by atoms with E-state index in [0.29, 0.717) is 16.6 Å². The van der Waals surface area contributed by atoms with Crippen LogP contribution in [0.5, 0.6) is 0 Å². The number of benzene rings is 1. The van der Waals surface area contributed by atoms with E-state index in [0.717, 1.165) is 38.2 Å². The molecule has 0 spiro atoms. The Morgan fingerprint density at radius 2 is 2.24 bits per heavy atom. The first-order chi connectivity index (χ1) is 10.0. The minimum atomic E-state index is 0.0779. The number of nitrogens with zero attached hydrogens (tertiary/aromatic N) is 3. The molecule has 1 aromatic carbocycles. The van der Waals surface area contributed by atoms with Crippen molar-refractivity contribution in [1.82, 2.24) is 9.80 Å². The number of halogens is 1. The first kappa shape index (κ1) is 16.1. The lowest BCUT2D eigenvalue weighted by molar-refractivity contribution is 0.0884. The van der Waals surface area contributed by atoms with E-state index in [-0.39, 0.29) is 5.84 Å². The fourth-order valence-corrected chi connectivity index (χ4v) is 2.97. The number of rotatable bonds is 4. The third kappa shape index (κ3) is 3.87. The van der Waals surface area contributed by atoms with Crippen LogP contribution in [0.25, 0.3) is 0 Å². The van der Waals surface area contributed by atoms with E-state index in [4.69, 9.17) is 22.5 Å². The summed E-state index contributed by atoms with van der Waals surface area (Å²) in [5.74, 6) is 0.0779. The van der Waals surface area contributed by atoms with E-state index < -0.39 is 0 Å². The van der Waals surface area contributed by atoms with Crippen LogP contribution in [0.3, 0.4) is 0 Å². The molecule has 0 radical (unpaired) electrons. The molecule has 1 aliphatic rings. The maximum atomic E-state index is 8.70. The van der Waals surface area contributed by atoms with Crippen LogP contribution in [-0.2, 0) is 6.54 Å². The van der Waals surface area contributed by atoms with E-state index in [1.165, 1.54) is 0 Å². The zero-order valence-electron chi connectivity index (χ0n) is 12.6. The van der Waals surface area contributed by atoms with Gasteiger partial charge in [0.25, 0.3) is 0 Å². The summed E-state index contributed by atoms with van der Waals surface area (Å²) in [6.45, 7) is 6.25. The molecular formula is C15H23ClN4O. The standard InChI is InChI=1S/C15H23ClN4O/c1-3-13-10-20(7-6-19(13)2)9-12-5-4-11(8-14(12)16)15(17)18-21/h4-5,8,13,21H,3,6-7,9-10H2,1-2H3,(H2,17,18). The molecule has 0 aliphatic carbocycles. The van der Waals surface area contributed by atoms with E-state index in [2.05, 4.69) is 28.9 Å². The monoisotopic (exact) mass is 310 g/mol. The van der Waals surface area contributed by atoms with Crippen molar-refractivity contribution >= 4 is 17.4 Å². The molecule has 1 saturated heterocycles. The zero-order chi connectivity index (χ0) is 15.4. The number of hydrogen-bond acceptors (Lipinski definition) is 4. The molecule has 1 aromatic rings. The summed E-state index contributed by atoms with van der Waals surface area (Å²) in [6.07, 6.45) is 1.16. The topological polar surface area (TPSA) is 65.1 Å². The van der Waals surface area contributed by atoms with Gasteiger partial charge >= 0.3 is 0 Å². The van der Waals surface area contributed by atoms with Gasteiger partial charge < -0.3 is 15.8 Å². The van der Waals surface area contributed by atoms with Gasteiger partial charge in [0.1, 0.15) is 0 Å². The highest BCUT2D eigenvalue weighted by Crippen LogP contribution is 2.21. The van der Waals surface area contributed by atoms with Crippen molar-refractivity contribution in [3.05, 3.63) is 34.3 Å². The Kier molecular flexibility index (Phi) is 5.45. The summed E-state index contributed by atoms with van der Waals surface area (Å²) in [5.41, 5.74) is 7.28. The van der Waals surface area contributed by atoms with Crippen LogP contribution in [0.2, 0.25) is 5.02 Å². The van der Waals surface area contributed by atoms with Gasteiger partial charge in [-0.2, -0.15) is 0 Å². The number of likely N-dealkylation sites (N-methyl/N-ethyl adjacent to an activating group) is 1. The minimum Gasteiger partial charge on any atom is -0.409 e. The second-order valence-electron chi connectivity index (χ2n) is 5.57. The summed E-state index contributed by atoms with van der Waals surface area (Å²) in [4.78, 5) is 4.85. The largest absolute Gasteiger partial charge is 0.409 e. The quantitative estimate of drug-likeness (QED) is 0.386. The highest BCUT2D eigenvalue weighted by atomic mass is 35.5. The van der Waals surface area contributed by atoms with E-state index in [9.17, 15) is 0 Å². The van der Waals surface area contributed by atoms with Crippen molar-refractivity contribution in [1.29, 1.82) is 0 Å². The third-order valence-electron chi connectivity index (χ3n) is 4.18. The SMILES string of the molecule is CCC1CN(Cc2ccc(/C(N)=N/O)cc2Cl)CCN1C. The predicted molar refractivity (Wildman–Crippen MR) is 85.9 cm³/mol. The normalized spacial score (nSPS) is 21.7. The summed E-state index contributed by atoms with van der Waals surface area (Å²) in [7, 11) is 2.18. The molecule has 1 aliphatic heterocycles. The van der Waals surface area contributed by atoms with Crippen molar-refractivity contribution in [2.45, 2.75) is 25.9 Å². The summed E-state index contributed by atoms with van der Waals surface area (Å²) >= 11 is 6.32.